The number of rotatable bonds is 4. The summed E-state index contributed by atoms with van der Waals surface area (Å²) in [6.07, 6.45) is 1.88. The van der Waals surface area contributed by atoms with E-state index in [0.717, 1.165) is 17.9 Å². The highest BCUT2D eigenvalue weighted by molar-refractivity contribution is 5.95. The van der Waals surface area contributed by atoms with Crippen molar-refractivity contribution in [1.29, 1.82) is 0 Å². The minimum absolute atomic E-state index is 0.410. The van der Waals surface area contributed by atoms with Crippen LogP contribution in [0.5, 0.6) is 0 Å². The summed E-state index contributed by atoms with van der Waals surface area (Å²) in [7, 11) is 1.37. The number of hydrogen-bond acceptors (Lipinski definition) is 5. The van der Waals surface area contributed by atoms with Crippen molar-refractivity contribution in [2.24, 2.45) is 11.5 Å². The number of amides is 2. The molecule has 0 radical (unpaired) electrons. The molecule has 0 aromatic heterocycles. The first-order chi connectivity index (χ1) is 7.43. The van der Waals surface area contributed by atoms with E-state index >= 15 is 0 Å². The third-order valence-electron chi connectivity index (χ3n) is 2.23. The summed E-state index contributed by atoms with van der Waals surface area (Å²) in [5.74, 6) is -2.54. The van der Waals surface area contributed by atoms with Crippen LogP contribution < -0.4 is 11.5 Å². The van der Waals surface area contributed by atoms with Gasteiger partial charge < -0.3 is 10.5 Å². The van der Waals surface area contributed by atoms with Crippen LogP contribution in [-0.2, 0) is 19.2 Å². The largest absolute Gasteiger partial charge is 0.369 e. The summed E-state index contributed by atoms with van der Waals surface area (Å²) in [6, 6.07) is 0. The lowest BCUT2D eigenvalue weighted by Crippen LogP contribution is -2.52. The fourth-order valence-corrected chi connectivity index (χ4v) is 1.41. The molecule has 1 heterocycles. The van der Waals surface area contributed by atoms with E-state index < -0.39 is 24.1 Å². The minimum Gasteiger partial charge on any atom is -0.369 e. The van der Waals surface area contributed by atoms with Crippen molar-refractivity contribution in [3.05, 3.63) is 0 Å². The Kier molecular flexibility index (Phi) is 4.22. The Hall–Kier alpha value is -1.18. The van der Waals surface area contributed by atoms with E-state index in [1.54, 1.807) is 0 Å². The van der Waals surface area contributed by atoms with Crippen molar-refractivity contribution in [2.75, 3.05) is 13.7 Å². The molecule has 2 amide bonds. The van der Waals surface area contributed by atoms with Crippen molar-refractivity contribution in [1.82, 2.24) is 5.06 Å². The lowest BCUT2D eigenvalue weighted by molar-refractivity contribution is -0.336. The standard InChI is InChI=1S/C9H17N3O4/c1-12(8(14)6-7(10)13)16-9(11)4-2-3-5-15-9/h2-6,11H2,1H3,(H2,10,13). The van der Waals surface area contributed by atoms with E-state index in [4.69, 9.17) is 21.0 Å². The normalized spacial score (nSPS) is 25.1. The summed E-state index contributed by atoms with van der Waals surface area (Å²) in [5, 5.41) is 0.899. The van der Waals surface area contributed by atoms with Crippen LogP contribution in [0.2, 0.25) is 0 Å². The second kappa shape index (κ2) is 5.24. The van der Waals surface area contributed by atoms with Crippen LogP contribution >= 0.6 is 0 Å². The van der Waals surface area contributed by atoms with Crippen LogP contribution in [0.4, 0.5) is 0 Å². The topological polar surface area (TPSA) is 108 Å². The van der Waals surface area contributed by atoms with Gasteiger partial charge in [-0.15, -0.1) is 0 Å². The summed E-state index contributed by atoms with van der Waals surface area (Å²) in [6.45, 7) is 0.494. The van der Waals surface area contributed by atoms with E-state index in [2.05, 4.69) is 0 Å². The van der Waals surface area contributed by atoms with E-state index in [0.29, 0.717) is 13.0 Å². The maximum atomic E-state index is 11.4. The first kappa shape index (κ1) is 12.9. The van der Waals surface area contributed by atoms with Gasteiger partial charge in [-0.25, -0.2) is 9.90 Å². The van der Waals surface area contributed by atoms with Gasteiger partial charge >= 0.3 is 0 Å². The third kappa shape index (κ3) is 3.76. The maximum absolute atomic E-state index is 11.4. The SMILES string of the molecule is CN(OC1(N)CCCCO1)C(=O)CC(N)=O. The van der Waals surface area contributed by atoms with Gasteiger partial charge in [-0.2, -0.15) is 0 Å². The smallest absolute Gasteiger partial charge is 0.255 e. The molecule has 0 aliphatic carbocycles. The monoisotopic (exact) mass is 231 g/mol. The van der Waals surface area contributed by atoms with Crippen LogP contribution in [0.15, 0.2) is 0 Å². The zero-order valence-corrected chi connectivity index (χ0v) is 9.27. The van der Waals surface area contributed by atoms with Gasteiger partial charge in [-0.05, 0) is 12.8 Å². The molecule has 7 heteroatoms. The fourth-order valence-electron chi connectivity index (χ4n) is 1.41. The van der Waals surface area contributed by atoms with Crippen molar-refractivity contribution in [3.63, 3.8) is 0 Å². The fraction of sp³-hybridized carbons (Fsp3) is 0.778. The van der Waals surface area contributed by atoms with E-state index in [9.17, 15) is 9.59 Å². The molecular weight excluding hydrogens is 214 g/mol. The van der Waals surface area contributed by atoms with E-state index in [-0.39, 0.29) is 0 Å². The molecule has 4 N–H and O–H groups in total. The number of carbonyl (C=O) groups is 2. The van der Waals surface area contributed by atoms with Crippen LogP contribution in [0, 0.1) is 0 Å². The highest BCUT2D eigenvalue weighted by Crippen LogP contribution is 2.21. The van der Waals surface area contributed by atoms with Gasteiger partial charge in [0.05, 0.1) is 6.61 Å². The van der Waals surface area contributed by atoms with E-state index in [1.165, 1.54) is 7.05 Å². The zero-order valence-electron chi connectivity index (χ0n) is 9.27. The van der Waals surface area contributed by atoms with Gasteiger partial charge in [0.15, 0.2) is 0 Å². The molecule has 0 spiro atoms. The molecule has 7 nitrogen and oxygen atoms in total. The van der Waals surface area contributed by atoms with Gasteiger partial charge in [-0.1, -0.05) is 0 Å². The number of nitrogens with two attached hydrogens (primary N) is 2. The third-order valence-corrected chi connectivity index (χ3v) is 2.23. The van der Waals surface area contributed by atoms with E-state index in [1.807, 2.05) is 0 Å². The Bertz CT molecular complexity index is 276. The number of carbonyl (C=O) groups excluding carboxylic acids is 2. The number of hydrogen-bond donors (Lipinski definition) is 2. The summed E-state index contributed by atoms with van der Waals surface area (Å²) in [5.41, 5.74) is 10.7. The number of hydroxylamine groups is 2. The Morgan fingerprint density at radius 3 is 2.69 bits per heavy atom. The van der Waals surface area contributed by atoms with Gasteiger partial charge in [0, 0.05) is 13.5 Å². The molecule has 1 fully saturated rings. The van der Waals surface area contributed by atoms with Gasteiger partial charge in [0.25, 0.3) is 5.91 Å². The van der Waals surface area contributed by atoms with Gasteiger partial charge in [-0.3, -0.25) is 15.3 Å². The molecule has 1 rings (SSSR count). The summed E-state index contributed by atoms with van der Waals surface area (Å²) >= 11 is 0. The minimum atomic E-state index is -1.28. The molecule has 1 aliphatic heterocycles. The van der Waals surface area contributed by atoms with Crippen molar-refractivity contribution in [3.8, 4) is 0 Å². The Morgan fingerprint density at radius 1 is 1.50 bits per heavy atom. The highest BCUT2D eigenvalue weighted by Gasteiger charge is 2.33. The molecule has 1 saturated heterocycles. The Labute approximate surface area is 93.6 Å². The van der Waals surface area contributed by atoms with Crippen molar-refractivity contribution in [2.45, 2.75) is 31.6 Å². The molecule has 0 aromatic carbocycles. The average Bonchev–Trinajstić information content (AvgIpc) is 2.16. The number of ether oxygens (including phenoxy) is 1. The average molecular weight is 231 g/mol. The Balaban J connectivity index is 2.45. The Morgan fingerprint density at radius 2 is 2.19 bits per heavy atom. The number of nitrogens with zero attached hydrogens (tertiary/aromatic N) is 1. The molecule has 0 aromatic rings. The molecular formula is C9H17N3O4. The molecule has 92 valence electrons. The van der Waals surface area contributed by atoms with Crippen LogP contribution in [0.1, 0.15) is 25.7 Å². The molecule has 1 unspecified atom stereocenters. The highest BCUT2D eigenvalue weighted by atomic mass is 16.8. The zero-order chi connectivity index (χ0) is 12.2. The van der Waals surface area contributed by atoms with Crippen molar-refractivity contribution >= 4 is 11.8 Å². The lowest BCUT2D eigenvalue weighted by Gasteiger charge is -2.35. The predicted octanol–water partition coefficient (Wildman–Crippen LogP) is -0.935. The van der Waals surface area contributed by atoms with Crippen LogP contribution in [0.3, 0.4) is 0 Å². The lowest BCUT2D eigenvalue weighted by atomic mass is 10.1. The van der Waals surface area contributed by atoms with Crippen LogP contribution in [0.25, 0.3) is 0 Å². The molecule has 0 saturated carbocycles. The second-order valence-corrected chi connectivity index (χ2v) is 3.74. The summed E-state index contributed by atoms with van der Waals surface area (Å²) < 4.78 is 5.24. The molecule has 16 heavy (non-hydrogen) atoms. The first-order valence-electron chi connectivity index (χ1n) is 5.10. The molecule has 1 atom stereocenters. The first-order valence-corrected chi connectivity index (χ1v) is 5.10. The maximum Gasteiger partial charge on any atom is 0.255 e. The molecule has 1 aliphatic rings. The predicted molar refractivity (Wildman–Crippen MR) is 54.4 cm³/mol. The quantitative estimate of drug-likeness (QED) is 0.369. The van der Waals surface area contributed by atoms with Gasteiger partial charge in [0.1, 0.15) is 6.42 Å². The second-order valence-electron chi connectivity index (χ2n) is 3.74. The van der Waals surface area contributed by atoms with Gasteiger partial charge in [0.2, 0.25) is 11.8 Å². The molecule has 0 bridgehead atoms. The summed E-state index contributed by atoms with van der Waals surface area (Å²) in [4.78, 5) is 27.1. The number of primary amides is 1. The van der Waals surface area contributed by atoms with Crippen LogP contribution in [-0.4, -0.2) is 36.4 Å². The van der Waals surface area contributed by atoms with Crippen molar-refractivity contribution < 1.29 is 19.2 Å².